The largest absolute Gasteiger partial charge is 0.319 e. The maximum atomic E-state index is 3.26. The van der Waals surface area contributed by atoms with Crippen LogP contribution in [0, 0.1) is 6.92 Å². The van der Waals surface area contributed by atoms with Crippen molar-refractivity contribution in [2.75, 3.05) is 19.3 Å². The van der Waals surface area contributed by atoms with E-state index in [9.17, 15) is 0 Å². The topological polar surface area (TPSA) is 12.0 Å². The van der Waals surface area contributed by atoms with E-state index in [1.165, 1.54) is 16.2 Å². The summed E-state index contributed by atoms with van der Waals surface area (Å²) >= 11 is 2.00. The summed E-state index contributed by atoms with van der Waals surface area (Å²) in [6.45, 7) is 3.30. The van der Waals surface area contributed by atoms with Crippen molar-refractivity contribution in [3.8, 4) is 0 Å². The van der Waals surface area contributed by atoms with Crippen molar-refractivity contribution in [2.24, 2.45) is 0 Å². The Morgan fingerprint density at radius 2 is 2.38 bits per heavy atom. The minimum Gasteiger partial charge on any atom is -0.319 e. The standard InChI is InChI=1S/C11H15NS/c1-8-4-3-5-10-9(6-12-2)7-13-11(8)10/h3-5,9,12H,6-7H2,1-2H3. The van der Waals surface area contributed by atoms with Crippen molar-refractivity contribution in [2.45, 2.75) is 17.7 Å². The van der Waals surface area contributed by atoms with Crippen molar-refractivity contribution in [3.05, 3.63) is 29.3 Å². The molecule has 1 heterocycles. The highest BCUT2D eigenvalue weighted by Crippen LogP contribution is 2.40. The van der Waals surface area contributed by atoms with Crippen LogP contribution in [0.1, 0.15) is 17.0 Å². The predicted octanol–water partition coefficient (Wildman–Crippen LogP) is 2.40. The van der Waals surface area contributed by atoms with E-state index in [1.807, 2.05) is 18.8 Å². The molecule has 0 saturated carbocycles. The van der Waals surface area contributed by atoms with E-state index >= 15 is 0 Å². The fraction of sp³-hybridized carbons (Fsp3) is 0.455. The summed E-state index contributed by atoms with van der Waals surface area (Å²) < 4.78 is 0. The Morgan fingerprint density at radius 3 is 3.15 bits per heavy atom. The molecule has 0 aliphatic carbocycles. The molecule has 1 atom stereocenters. The lowest BCUT2D eigenvalue weighted by molar-refractivity contribution is 0.686. The van der Waals surface area contributed by atoms with Gasteiger partial charge in [0.05, 0.1) is 0 Å². The van der Waals surface area contributed by atoms with Crippen LogP contribution >= 0.6 is 11.8 Å². The number of rotatable bonds is 2. The Morgan fingerprint density at radius 1 is 1.54 bits per heavy atom. The molecule has 0 spiro atoms. The second kappa shape index (κ2) is 3.72. The Kier molecular flexibility index (Phi) is 2.61. The maximum absolute atomic E-state index is 3.26. The van der Waals surface area contributed by atoms with Gasteiger partial charge in [0, 0.05) is 23.1 Å². The molecule has 1 unspecified atom stereocenters. The number of thioether (sulfide) groups is 1. The van der Waals surface area contributed by atoms with E-state index in [2.05, 4.69) is 30.4 Å². The molecule has 0 saturated heterocycles. The first-order valence-corrected chi connectivity index (χ1v) is 5.68. The van der Waals surface area contributed by atoms with Gasteiger partial charge in [0.2, 0.25) is 0 Å². The SMILES string of the molecule is CNCC1CSc2c(C)cccc21. The zero-order valence-corrected chi connectivity index (χ0v) is 8.95. The van der Waals surface area contributed by atoms with Crippen LogP contribution in [0.25, 0.3) is 0 Å². The van der Waals surface area contributed by atoms with Crippen molar-refractivity contribution in [3.63, 3.8) is 0 Å². The van der Waals surface area contributed by atoms with Crippen LogP contribution in [0.2, 0.25) is 0 Å². The van der Waals surface area contributed by atoms with E-state index in [0.717, 1.165) is 6.54 Å². The summed E-state index contributed by atoms with van der Waals surface area (Å²) in [6.07, 6.45) is 0. The first-order chi connectivity index (χ1) is 6.33. The van der Waals surface area contributed by atoms with Gasteiger partial charge in [-0.1, -0.05) is 18.2 Å². The Balaban J connectivity index is 2.32. The van der Waals surface area contributed by atoms with Crippen LogP contribution in [-0.2, 0) is 0 Å². The van der Waals surface area contributed by atoms with Gasteiger partial charge in [-0.3, -0.25) is 0 Å². The Labute approximate surface area is 83.9 Å². The van der Waals surface area contributed by atoms with Gasteiger partial charge in [-0.15, -0.1) is 11.8 Å². The normalized spacial score (nSPS) is 20.3. The summed E-state index contributed by atoms with van der Waals surface area (Å²) in [5, 5.41) is 3.26. The summed E-state index contributed by atoms with van der Waals surface area (Å²) in [5.41, 5.74) is 2.97. The average molecular weight is 193 g/mol. The van der Waals surface area contributed by atoms with E-state index in [-0.39, 0.29) is 0 Å². The van der Waals surface area contributed by atoms with Crippen LogP contribution in [0.4, 0.5) is 0 Å². The van der Waals surface area contributed by atoms with Gasteiger partial charge in [0.1, 0.15) is 0 Å². The van der Waals surface area contributed by atoms with Crippen LogP contribution in [0.3, 0.4) is 0 Å². The molecular weight excluding hydrogens is 178 g/mol. The molecule has 0 bridgehead atoms. The molecule has 1 aromatic carbocycles. The van der Waals surface area contributed by atoms with Crippen molar-refractivity contribution >= 4 is 11.8 Å². The van der Waals surface area contributed by atoms with Gasteiger partial charge >= 0.3 is 0 Å². The molecule has 2 heteroatoms. The summed E-state index contributed by atoms with van der Waals surface area (Å²) in [5.74, 6) is 1.95. The fourth-order valence-corrected chi connectivity index (χ4v) is 3.25. The van der Waals surface area contributed by atoms with Crippen molar-refractivity contribution < 1.29 is 0 Å². The number of hydrogen-bond acceptors (Lipinski definition) is 2. The molecule has 0 radical (unpaired) electrons. The third-order valence-electron chi connectivity index (χ3n) is 2.56. The third kappa shape index (κ3) is 1.61. The minimum absolute atomic E-state index is 0.713. The van der Waals surface area contributed by atoms with E-state index in [4.69, 9.17) is 0 Å². The number of fused-ring (bicyclic) bond motifs is 1. The van der Waals surface area contributed by atoms with E-state index in [1.54, 1.807) is 5.56 Å². The smallest absolute Gasteiger partial charge is 0.0137 e. The molecule has 1 aliphatic rings. The van der Waals surface area contributed by atoms with Crippen LogP contribution in [-0.4, -0.2) is 19.3 Å². The highest BCUT2D eigenvalue weighted by atomic mass is 32.2. The number of nitrogens with one attached hydrogen (secondary N) is 1. The van der Waals surface area contributed by atoms with Gasteiger partial charge in [-0.25, -0.2) is 0 Å². The summed E-state index contributed by atoms with van der Waals surface area (Å²) in [6, 6.07) is 6.64. The zero-order chi connectivity index (χ0) is 9.26. The summed E-state index contributed by atoms with van der Waals surface area (Å²) in [7, 11) is 2.03. The minimum atomic E-state index is 0.713. The van der Waals surface area contributed by atoms with Crippen LogP contribution in [0.15, 0.2) is 23.1 Å². The molecule has 0 aromatic heterocycles. The predicted molar refractivity (Wildman–Crippen MR) is 58.6 cm³/mol. The molecule has 70 valence electrons. The van der Waals surface area contributed by atoms with E-state index in [0.29, 0.717) is 5.92 Å². The van der Waals surface area contributed by atoms with Gasteiger partial charge in [0.25, 0.3) is 0 Å². The zero-order valence-electron chi connectivity index (χ0n) is 8.13. The molecule has 1 aliphatic heterocycles. The van der Waals surface area contributed by atoms with Gasteiger partial charge in [0.15, 0.2) is 0 Å². The molecule has 0 fully saturated rings. The lowest BCUT2D eigenvalue weighted by Crippen LogP contribution is -2.16. The van der Waals surface area contributed by atoms with Gasteiger partial charge in [-0.2, -0.15) is 0 Å². The number of benzene rings is 1. The summed E-state index contributed by atoms with van der Waals surface area (Å²) in [4.78, 5) is 1.52. The molecule has 0 amide bonds. The lowest BCUT2D eigenvalue weighted by atomic mass is 9.99. The first-order valence-electron chi connectivity index (χ1n) is 4.70. The first kappa shape index (κ1) is 9.10. The molecule has 1 N–H and O–H groups in total. The monoisotopic (exact) mass is 193 g/mol. The van der Waals surface area contributed by atoms with Crippen LogP contribution < -0.4 is 5.32 Å². The van der Waals surface area contributed by atoms with Gasteiger partial charge < -0.3 is 5.32 Å². The molecule has 1 aromatic rings. The third-order valence-corrected chi connectivity index (χ3v) is 3.98. The van der Waals surface area contributed by atoms with E-state index < -0.39 is 0 Å². The molecule has 1 nitrogen and oxygen atoms in total. The number of likely N-dealkylation sites (N-methyl/N-ethyl adjacent to an activating group) is 1. The average Bonchev–Trinajstić information content (AvgIpc) is 2.51. The van der Waals surface area contributed by atoms with Crippen LogP contribution in [0.5, 0.6) is 0 Å². The van der Waals surface area contributed by atoms with Crippen molar-refractivity contribution in [1.82, 2.24) is 5.32 Å². The highest BCUT2D eigenvalue weighted by Gasteiger charge is 2.23. The lowest BCUT2D eigenvalue weighted by Gasteiger charge is -2.09. The maximum Gasteiger partial charge on any atom is 0.0137 e. The second-order valence-electron chi connectivity index (χ2n) is 3.56. The highest BCUT2D eigenvalue weighted by molar-refractivity contribution is 7.99. The van der Waals surface area contributed by atoms with Gasteiger partial charge in [-0.05, 0) is 25.1 Å². The second-order valence-corrected chi connectivity index (χ2v) is 4.59. The van der Waals surface area contributed by atoms with Crippen molar-refractivity contribution in [1.29, 1.82) is 0 Å². The molecule has 13 heavy (non-hydrogen) atoms. The molecular formula is C11H15NS. The number of aryl methyl sites for hydroxylation is 1. The Hall–Kier alpha value is -0.470. The quantitative estimate of drug-likeness (QED) is 0.774. The fourth-order valence-electron chi connectivity index (χ4n) is 1.88. The molecule has 2 rings (SSSR count). The number of hydrogen-bond donors (Lipinski definition) is 1. The Bertz CT molecular complexity index is 309.